The number of rotatable bonds is 2. The molecule has 1 spiro atoms. The lowest BCUT2D eigenvalue weighted by molar-refractivity contribution is -0.144. The lowest BCUT2D eigenvalue weighted by Gasteiger charge is -2.51. The monoisotopic (exact) mass is 318 g/mol. The van der Waals surface area contributed by atoms with Crippen molar-refractivity contribution in [2.24, 2.45) is 0 Å². The Morgan fingerprint density at radius 3 is 2.74 bits per heavy atom. The summed E-state index contributed by atoms with van der Waals surface area (Å²) in [5.74, 6) is -0.570. The largest absolute Gasteiger partial charge is 0.336 e. The average molecular weight is 318 g/mol. The van der Waals surface area contributed by atoms with E-state index >= 15 is 0 Å². The van der Waals surface area contributed by atoms with Crippen molar-refractivity contribution in [3.63, 3.8) is 0 Å². The molecule has 2 heterocycles. The minimum absolute atomic E-state index is 0.120. The van der Waals surface area contributed by atoms with Crippen LogP contribution in [-0.4, -0.2) is 46.8 Å². The van der Waals surface area contributed by atoms with E-state index in [-0.39, 0.29) is 22.9 Å². The molecule has 2 aliphatic rings. The number of hydrogen-bond acceptors (Lipinski definition) is 2. The van der Waals surface area contributed by atoms with E-state index in [0.717, 1.165) is 25.7 Å². The molecule has 0 bridgehead atoms. The van der Waals surface area contributed by atoms with Gasteiger partial charge in [-0.15, -0.1) is 0 Å². The van der Waals surface area contributed by atoms with Crippen LogP contribution in [0.1, 0.15) is 49.4 Å². The summed E-state index contributed by atoms with van der Waals surface area (Å²) in [5.41, 5.74) is -0.141. The summed E-state index contributed by atoms with van der Waals surface area (Å²) < 4.78 is 13.9. The van der Waals surface area contributed by atoms with E-state index in [1.807, 2.05) is 11.8 Å². The third kappa shape index (κ3) is 2.84. The Balaban J connectivity index is 1.84. The fourth-order valence-electron chi connectivity index (χ4n) is 4.13. The number of halogens is 1. The molecule has 2 amide bonds. The third-order valence-corrected chi connectivity index (χ3v) is 5.17. The summed E-state index contributed by atoms with van der Waals surface area (Å²) in [6, 6.07) is 6.11. The lowest BCUT2D eigenvalue weighted by Crippen LogP contribution is -2.63. The zero-order valence-corrected chi connectivity index (χ0v) is 13.6. The molecule has 4 nitrogen and oxygen atoms in total. The molecule has 0 aromatic heterocycles. The van der Waals surface area contributed by atoms with Gasteiger partial charge in [0.1, 0.15) is 5.82 Å². The number of nitrogens with zero attached hydrogens (tertiary/aromatic N) is 2. The van der Waals surface area contributed by atoms with Crippen molar-refractivity contribution in [1.82, 2.24) is 9.80 Å². The van der Waals surface area contributed by atoms with Crippen LogP contribution < -0.4 is 0 Å². The van der Waals surface area contributed by atoms with Crippen molar-refractivity contribution in [3.05, 3.63) is 35.6 Å². The van der Waals surface area contributed by atoms with Gasteiger partial charge in [-0.1, -0.05) is 12.1 Å². The zero-order valence-electron chi connectivity index (χ0n) is 13.6. The van der Waals surface area contributed by atoms with E-state index in [1.54, 1.807) is 17.0 Å². The van der Waals surface area contributed by atoms with Crippen LogP contribution in [0.4, 0.5) is 4.39 Å². The topological polar surface area (TPSA) is 40.6 Å². The SMILES string of the molecule is CCN1C(=O)CCCC12CCCN(C(=O)c1ccccc1F)C2. The quantitative estimate of drug-likeness (QED) is 0.841. The molecule has 0 aliphatic carbocycles. The van der Waals surface area contributed by atoms with Crippen LogP contribution in [0.3, 0.4) is 0 Å². The van der Waals surface area contributed by atoms with Crippen molar-refractivity contribution in [1.29, 1.82) is 0 Å². The summed E-state index contributed by atoms with van der Waals surface area (Å²) in [6.45, 7) is 3.80. The molecular weight excluding hydrogens is 295 g/mol. The normalized spacial score (nSPS) is 25.0. The summed E-state index contributed by atoms with van der Waals surface area (Å²) >= 11 is 0. The van der Waals surface area contributed by atoms with Crippen LogP contribution in [0.15, 0.2) is 24.3 Å². The van der Waals surface area contributed by atoms with Crippen molar-refractivity contribution in [3.8, 4) is 0 Å². The fraction of sp³-hybridized carbons (Fsp3) is 0.556. The molecule has 1 atom stereocenters. The van der Waals surface area contributed by atoms with Gasteiger partial charge in [-0.25, -0.2) is 4.39 Å². The molecule has 2 aliphatic heterocycles. The average Bonchev–Trinajstić information content (AvgIpc) is 2.55. The number of piperidine rings is 2. The first-order chi connectivity index (χ1) is 11.1. The Bertz CT molecular complexity index is 615. The van der Waals surface area contributed by atoms with E-state index in [1.165, 1.54) is 12.1 Å². The zero-order chi connectivity index (χ0) is 16.4. The van der Waals surface area contributed by atoms with E-state index in [9.17, 15) is 14.0 Å². The summed E-state index contributed by atoms with van der Waals surface area (Å²) in [7, 11) is 0. The first-order valence-electron chi connectivity index (χ1n) is 8.42. The number of likely N-dealkylation sites (N-methyl/N-ethyl adjacent to an activating group) is 1. The smallest absolute Gasteiger partial charge is 0.256 e. The molecule has 0 N–H and O–H groups in total. The van der Waals surface area contributed by atoms with Crippen LogP contribution in [0.5, 0.6) is 0 Å². The Hall–Kier alpha value is -1.91. The highest BCUT2D eigenvalue weighted by molar-refractivity contribution is 5.94. The molecule has 124 valence electrons. The van der Waals surface area contributed by atoms with Gasteiger partial charge in [0.05, 0.1) is 11.1 Å². The summed E-state index contributed by atoms with van der Waals surface area (Å²) in [6.07, 6.45) is 4.17. The first kappa shape index (κ1) is 16.0. The second-order valence-electron chi connectivity index (χ2n) is 6.53. The maximum Gasteiger partial charge on any atom is 0.256 e. The van der Waals surface area contributed by atoms with Crippen molar-refractivity contribution >= 4 is 11.8 Å². The van der Waals surface area contributed by atoms with E-state index in [0.29, 0.717) is 26.1 Å². The van der Waals surface area contributed by atoms with Gasteiger partial charge in [0.15, 0.2) is 0 Å². The molecule has 2 fully saturated rings. The molecule has 1 aromatic rings. The number of amides is 2. The maximum atomic E-state index is 13.9. The van der Waals surface area contributed by atoms with Gasteiger partial charge in [-0.2, -0.15) is 0 Å². The predicted molar refractivity (Wildman–Crippen MR) is 85.5 cm³/mol. The Kier molecular flexibility index (Phi) is 4.37. The minimum Gasteiger partial charge on any atom is -0.336 e. The summed E-state index contributed by atoms with van der Waals surface area (Å²) in [5, 5.41) is 0. The maximum absolute atomic E-state index is 13.9. The van der Waals surface area contributed by atoms with Gasteiger partial charge in [-0.05, 0) is 44.7 Å². The molecule has 1 aromatic carbocycles. The number of hydrogen-bond donors (Lipinski definition) is 0. The number of carbonyl (C=O) groups is 2. The predicted octanol–water partition coefficient (Wildman–Crippen LogP) is 2.83. The Labute approximate surface area is 136 Å². The first-order valence-corrected chi connectivity index (χ1v) is 8.42. The highest BCUT2D eigenvalue weighted by Gasteiger charge is 2.45. The van der Waals surface area contributed by atoms with Crippen molar-refractivity contribution in [2.45, 2.75) is 44.6 Å². The van der Waals surface area contributed by atoms with Gasteiger partial charge in [0.2, 0.25) is 5.91 Å². The number of likely N-dealkylation sites (tertiary alicyclic amines) is 2. The molecule has 5 heteroatoms. The highest BCUT2D eigenvalue weighted by Crippen LogP contribution is 2.37. The van der Waals surface area contributed by atoms with Gasteiger partial charge >= 0.3 is 0 Å². The second-order valence-corrected chi connectivity index (χ2v) is 6.53. The number of benzene rings is 1. The van der Waals surface area contributed by atoms with E-state index in [2.05, 4.69) is 0 Å². The second kappa shape index (κ2) is 6.30. The van der Waals surface area contributed by atoms with Gasteiger partial charge in [0.25, 0.3) is 5.91 Å². The molecule has 2 saturated heterocycles. The Morgan fingerprint density at radius 1 is 1.26 bits per heavy atom. The van der Waals surface area contributed by atoms with Gasteiger partial charge in [0, 0.05) is 26.1 Å². The van der Waals surface area contributed by atoms with Gasteiger partial charge < -0.3 is 9.80 Å². The number of carbonyl (C=O) groups excluding carboxylic acids is 2. The van der Waals surface area contributed by atoms with Gasteiger partial charge in [-0.3, -0.25) is 9.59 Å². The molecule has 3 rings (SSSR count). The molecule has 1 unspecified atom stereocenters. The van der Waals surface area contributed by atoms with Crippen LogP contribution in [0.25, 0.3) is 0 Å². The van der Waals surface area contributed by atoms with Crippen LogP contribution >= 0.6 is 0 Å². The fourth-order valence-corrected chi connectivity index (χ4v) is 4.13. The van der Waals surface area contributed by atoms with Crippen molar-refractivity contribution in [2.75, 3.05) is 19.6 Å². The van der Waals surface area contributed by atoms with Crippen LogP contribution in [0.2, 0.25) is 0 Å². The molecule has 0 radical (unpaired) electrons. The van der Waals surface area contributed by atoms with E-state index in [4.69, 9.17) is 0 Å². The minimum atomic E-state index is -0.482. The van der Waals surface area contributed by atoms with Crippen molar-refractivity contribution < 1.29 is 14.0 Å². The Morgan fingerprint density at radius 2 is 2.00 bits per heavy atom. The molecule has 23 heavy (non-hydrogen) atoms. The summed E-state index contributed by atoms with van der Waals surface area (Å²) in [4.78, 5) is 28.6. The molecule has 0 saturated carbocycles. The lowest BCUT2D eigenvalue weighted by atomic mass is 9.79. The van der Waals surface area contributed by atoms with Crippen LogP contribution in [0, 0.1) is 5.82 Å². The standard InChI is InChI=1S/C18H23FN2O2/c1-2-21-16(22)9-5-10-18(21)11-6-12-20(13-18)17(23)14-7-3-4-8-15(14)19/h3-4,7-8H,2,5-6,9-13H2,1H3. The van der Waals surface area contributed by atoms with E-state index < -0.39 is 5.82 Å². The third-order valence-electron chi connectivity index (χ3n) is 5.17. The highest BCUT2D eigenvalue weighted by atomic mass is 19.1. The molecular formula is C18H23FN2O2. The van der Waals surface area contributed by atoms with Crippen LogP contribution in [-0.2, 0) is 4.79 Å².